The number of aliphatic hydroxyl groups excluding tert-OH is 8. The lowest BCUT2D eigenvalue weighted by Gasteiger charge is -2.37. The van der Waals surface area contributed by atoms with E-state index in [1.165, 1.54) is 21.3 Å². The van der Waals surface area contributed by atoms with Crippen molar-refractivity contribution in [3.8, 4) is 0 Å². The molecule has 6 radical (unpaired) electrons. The molecule has 586 valence electrons. The number of carbonyl (C=O) groups excluding carboxylic acids is 4. The maximum absolute atomic E-state index is 12.0. The molecule has 0 aliphatic carbocycles. The Hall–Kier alpha value is -5.29. The fourth-order valence-corrected chi connectivity index (χ4v) is 10.3. The van der Waals surface area contributed by atoms with Crippen molar-refractivity contribution in [2.75, 3.05) is 132 Å². The molecule has 105 heavy (non-hydrogen) atoms. The van der Waals surface area contributed by atoms with E-state index in [4.69, 9.17) is 141 Å². The van der Waals surface area contributed by atoms with E-state index in [0.29, 0.717) is 48.0 Å². The minimum atomic E-state index is -1.56. The van der Waals surface area contributed by atoms with Gasteiger partial charge >= 0.3 is 23.9 Å². The van der Waals surface area contributed by atoms with Gasteiger partial charge in [0.2, 0.25) is 10.8 Å². The first-order valence-electron chi connectivity index (χ1n) is 35.8. The van der Waals surface area contributed by atoms with E-state index < -0.39 is 93.4 Å². The van der Waals surface area contributed by atoms with Gasteiger partial charge in [-0.25, -0.2) is 30.4 Å². The summed E-state index contributed by atoms with van der Waals surface area (Å²) in [5.41, 5.74) is 2.05. The van der Waals surface area contributed by atoms with Gasteiger partial charge in [0.15, 0.2) is 0 Å². The Morgan fingerprint density at radius 1 is 0.552 bits per heavy atom. The zero-order chi connectivity index (χ0) is 83.6. The predicted octanol–water partition coefficient (Wildman–Crippen LogP) is 4.91. The normalized spacial score (nSPS) is 21.9. The molecule has 0 spiro atoms. The van der Waals surface area contributed by atoms with Crippen LogP contribution >= 0.6 is 31.9 Å². The summed E-state index contributed by atoms with van der Waals surface area (Å²) in [6, 6.07) is 33.0. The molecule has 3 heterocycles. The zero-order valence-corrected chi connectivity index (χ0v) is 63.1. The van der Waals surface area contributed by atoms with Gasteiger partial charge in [0.05, 0.1) is 92.2 Å². The van der Waals surface area contributed by atoms with E-state index in [2.05, 4.69) is 24.8 Å². The van der Waals surface area contributed by atoms with Gasteiger partial charge in [-0.3, -0.25) is 0 Å². The summed E-state index contributed by atoms with van der Waals surface area (Å²) in [5, 5.41) is 53.6. The van der Waals surface area contributed by atoms with Gasteiger partial charge in [-0.1, -0.05) is 84.4 Å². The van der Waals surface area contributed by atoms with Crippen molar-refractivity contribution in [1.29, 1.82) is 4.29 Å². The van der Waals surface area contributed by atoms with Crippen molar-refractivity contribution in [3.63, 3.8) is 0 Å². The summed E-state index contributed by atoms with van der Waals surface area (Å²) >= 11 is 6.87. The van der Waals surface area contributed by atoms with Crippen LogP contribution in [0.25, 0.3) is 4.85 Å². The minimum absolute atomic E-state index is 0.0664. The smallest absolute Gasteiger partial charge is 0.338 e. The quantitative estimate of drug-likeness (QED) is 0.00450. The number of rotatable bonds is 34. The summed E-state index contributed by atoms with van der Waals surface area (Å²) < 4.78 is 121. The maximum Gasteiger partial charge on any atom is 0.338 e. The number of ether oxygens (including phenoxy) is 13. The Balaban J connectivity index is 0. The molecule has 8 N–H and O–H groups in total. The SMILES string of the molecule is CSCOCCOC(=O)c1ccccc1.O=C(OCCOCCl)c1ccccc1.OCCO.[2H]C[C@H]1O[C@@H]([B])C(O)[C@H]1O.[2H]C[C@H]1O[C@@H]([B])C(OCOCCOC(=O)c2ccccc2)[C@H]1O.[2H]C[C@H]1O[C@@H]([B])C(OCOCCOC(=O)c2ccccc2)[C@H]1OP(OCC[N+]#[C-])N(C(C)C)C(C)C.[3H]OC.[3H]OC.[3H]OC. The average Bonchev–Trinajstić information content (AvgIpc) is 1.70. The molecule has 4 aromatic carbocycles. The van der Waals surface area contributed by atoms with Crippen molar-refractivity contribution in [2.45, 2.75) is 133 Å². The third-order valence-electron chi connectivity index (χ3n) is 12.9. The van der Waals surface area contributed by atoms with Gasteiger partial charge in [0.25, 0.3) is 8.53 Å². The predicted molar refractivity (Wildman–Crippen MR) is 398 cm³/mol. The number of carbonyl (C=O) groups is 4. The molecule has 3 aliphatic heterocycles. The molecule has 3 aliphatic rings. The standard InChI is InChI=1S/C24H36BN2O7P.C15H19BO6.C11H14O3S.C10H11ClO3.C5H9BO3.C2H6O2.3CH4O/c1-17(2)27(18(3)4)35(32-13-12-26-6)34-21-19(5)33-23(25)22(21)31-16-29-14-15-30-24(28)20-10-8-7-9-11-20;1-10-12(17)13(14(16)22-10)21-9-19-7-8-20-15(18)11-5-3-2-4-6-11;1-15-9-13-7-8-14-11(12)10-5-3-2-4-6-10;11-8-13-6-7-14-10(12)9-4-2-1-3-5-9;1-2-3(7)4(8)5(6)9-2;3-1-2-4;3*1-2/h7-11,17-19,21-23H,12-16H2,1-5H3;2-6,10,12-14,17H,7-9H2,1H3;2-6H,7-9H2,1H3;1-5H,6-8H2;2-5,7-8H,1H3;3-4H,1-2H2;3*2H,1H3/t19-,21+,22?,23-,35?;10-,12+,13?,14-;;;2-,3+,4?,5-;;;;/m11..1..../s1/i5D;1D;;;1D;;3*2T. The molecule has 0 aromatic heterocycles. The number of nitrogens with zero attached hydrogens (tertiary/aromatic N) is 2. The lowest BCUT2D eigenvalue weighted by Crippen LogP contribution is -2.40. The Labute approximate surface area is 641 Å². The highest BCUT2D eigenvalue weighted by molar-refractivity contribution is 7.98. The fourth-order valence-electron chi connectivity index (χ4n) is 8.17. The van der Waals surface area contributed by atoms with Gasteiger partial charge in [-0.2, -0.15) is 0 Å². The summed E-state index contributed by atoms with van der Waals surface area (Å²) in [5.74, 6) is -0.866. The lowest BCUT2D eigenvalue weighted by molar-refractivity contribution is -0.121. The Bertz CT molecular complexity index is 2910. The number of halogens is 1. The van der Waals surface area contributed by atoms with Crippen LogP contribution in [0.3, 0.4) is 0 Å². The van der Waals surface area contributed by atoms with Crippen LogP contribution in [0.5, 0.6) is 0 Å². The molecule has 0 bridgehead atoms. The number of alkyl halides is 1. The molecule has 35 heteroatoms. The lowest BCUT2D eigenvalue weighted by atomic mass is 9.93. The Morgan fingerprint density at radius 3 is 1.23 bits per heavy atom. The van der Waals surface area contributed by atoms with Crippen LogP contribution in [0.2, 0.25) is 0 Å². The fraction of sp³-hybridized carbons (Fsp3) is 0.586. The molecule has 7 rings (SSSR count). The molecule has 3 saturated heterocycles. The van der Waals surface area contributed by atoms with Crippen LogP contribution in [0.15, 0.2) is 121 Å². The van der Waals surface area contributed by atoms with E-state index in [1.54, 1.807) is 109 Å². The van der Waals surface area contributed by atoms with E-state index in [-0.39, 0.29) is 124 Å². The van der Waals surface area contributed by atoms with Crippen molar-refractivity contribution < 1.29 is 135 Å². The highest BCUT2D eigenvalue weighted by atomic mass is 35.5. The zero-order valence-electron chi connectivity index (χ0n) is 66.6. The highest BCUT2D eigenvalue weighted by Gasteiger charge is 2.45. The highest BCUT2D eigenvalue weighted by Crippen LogP contribution is 2.49. The van der Waals surface area contributed by atoms with Crippen molar-refractivity contribution in [2.24, 2.45) is 0 Å². The van der Waals surface area contributed by atoms with E-state index in [1.807, 2.05) is 58.2 Å². The van der Waals surface area contributed by atoms with Crippen molar-refractivity contribution in [1.82, 2.24) is 4.67 Å². The van der Waals surface area contributed by atoms with Crippen molar-refractivity contribution in [3.05, 3.63) is 155 Å². The number of hydrogen-bond acceptors (Lipinski definition) is 29. The second-order valence-electron chi connectivity index (χ2n) is 21.1. The second-order valence-corrected chi connectivity index (χ2v) is 23.5. The first-order chi connectivity index (χ1) is 53.4. The van der Waals surface area contributed by atoms with Crippen molar-refractivity contribution >= 4 is 79.3 Å². The van der Waals surface area contributed by atoms with E-state index in [9.17, 15) is 24.3 Å². The Morgan fingerprint density at radius 2 is 0.905 bits per heavy atom. The molecule has 4 aromatic rings. The summed E-state index contributed by atoms with van der Waals surface area (Å²) in [6.07, 6.45) is -5.03. The topological polar surface area (TPSA) is 376 Å². The van der Waals surface area contributed by atoms with Gasteiger partial charge in [0, 0.05) is 55.5 Å². The number of aliphatic hydroxyl groups is 8. The van der Waals surface area contributed by atoms with Gasteiger partial charge in [-0.15, -0.1) is 11.8 Å². The monoisotopic (exact) mass is 1550 g/mol. The van der Waals surface area contributed by atoms with Gasteiger partial charge in [0.1, 0.15) is 107 Å². The molecule has 4 unspecified atom stereocenters. The van der Waals surface area contributed by atoms with E-state index >= 15 is 0 Å². The van der Waals surface area contributed by atoms with Crippen LogP contribution in [0.4, 0.5) is 0 Å². The number of hydrogen-bond donors (Lipinski definition) is 8. The van der Waals surface area contributed by atoms with Crippen LogP contribution in [-0.2, 0) is 70.6 Å². The third-order valence-corrected chi connectivity index (χ3v) is 15.6. The van der Waals surface area contributed by atoms with Crippen LogP contribution < -0.4 is 0 Å². The minimum Gasteiger partial charge on any atom is -0.460 e. The maximum atomic E-state index is 12.0. The molecule has 13 atom stereocenters. The molecular weight excluding hydrogens is 1430 g/mol. The molecule has 0 saturated carbocycles. The molecule has 0 amide bonds. The third kappa shape index (κ3) is 44.7. The van der Waals surface area contributed by atoms with Crippen LogP contribution in [0.1, 0.15) is 93.9 Å². The van der Waals surface area contributed by atoms with E-state index in [0.717, 1.165) is 0 Å². The summed E-state index contributed by atoms with van der Waals surface area (Å²) in [6.45, 7) is 16.7. The summed E-state index contributed by atoms with van der Waals surface area (Å²) in [7, 11) is 19.3. The van der Waals surface area contributed by atoms with Gasteiger partial charge in [-0.05, 0) is 103 Å². The second kappa shape index (κ2) is 65.8. The van der Waals surface area contributed by atoms with Crippen LogP contribution in [-0.4, -0.2) is 315 Å². The first kappa shape index (κ1) is 90.3. The number of benzene rings is 4. The largest absolute Gasteiger partial charge is 0.460 e. The number of thioether (sulfide) groups is 1. The summed E-state index contributed by atoms with van der Waals surface area (Å²) in [4.78, 5) is 49.7. The molecular formula is C70H107B3ClN2O27PS. The van der Waals surface area contributed by atoms with Crippen LogP contribution in [0, 0.1) is 6.57 Å². The average molecular weight is 1550 g/mol. The Kier molecular flexibility index (Phi) is 56.6. The molecule has 3 fully saturated rings. The first-order valence-corrected chi connectivity index (χ1v) is 35.5. The number of esters is 4. The van der Waals surface area contributed by atoms with Gasteiger partial charge < -0.3 is 116 Å². The molecule has 29 nitrogen and oxygen atoms in total.